The summed E-state index contributed by atoms with van der Waals surface area (Å²) in [5.74, 6) is -0.488. The van der Waals surface area contributed by atoms with E-state index in [-0.39, 0.29) is 22.3 Å². The van der Waals surface area contributed by atoms with Crippen LogP contribution < -0.4 is 4.90 Å². The number of anilines is 1. The minimum atomic E-state index is -4.51. The lowest BCUT2D eigenvalue weighted by atomic mass is 10.1. The van der Waals surface area contributed by atoms with Gasteiger partial charge in [-0.15, -0.1) is 0 Å². The zero-order valence-corrected chi connectivity index (χ0v) is 15.1. The lowest BCUT2D eigenvalue weighted by molar-refractivity contribution is -0.137. The second kappa shape index (κ2) is 7.34. The summed E-state index contributed by atoms with van der Waals surface area (Å²) in [4.78, 5) is 19.6. The number of hydrogen-bond acceptors (Lipinski definition) is 3. The van der Waals surface area contributed by atoms with Gasteiger partial charge in [-0.2, -0.15) is 13.2 Å². The number of hydrogen-bond donors (Lipinski definition) is 0. The average molecular weight is 402 g/mol. The van der Waals surface area contributed by atoms with E-state index in [1.807, 2.05) is 0 Å². The molecule has 0 aliphatic carbocycles. The lowest BCUT2D eigenvalue weighted by Crippen LogP contribution is -2.49. The molecule has 9 heteroatoms. The van der Waals surface area contributed by atoms with Gasteiger partial charge >= 0.3 is 6.18 Å². The number of carbonyl (C=O) groups excluding carboxylic acids is 1. The summed E-state index contributed by atoms with van der Waals surface area (Å²) >= 11 is 5.97. The third-order valence-electron chi connectivity index (χ3n) is 4.43. The van der Waals surface area contributed by atoms with E-state index in [1.165, 1.54) is 6.07 Å². The number of carbonyl (C=O) groups is 1. The van der Waals surface area contributed by atoms with Crippen molar-refractivity contribution in [1.82, 2.24) is 9.88 Å². The standard InChI is InChI=1S/C18H16ClF4N3O/c1-11-2-3-12(8-15(11)20)17(27)26-6-4-25(5-7-26)16-14(19)9-13(10-24-16)18(21,22)23/h2-3,8-10H,4-7H2,1H3. The summed E-state index contributed by atoms with van der Waals surface area (Å²) in [6, 6.07) is 5.17. The summed E-state index contributed by atoms with van der Waals surface area (Å²) < 4.78 is 51.8. The monoisotopic (exact) mass is 401 g/mol. The first kappa shape index (κ1) is 19.4. The molecule has 2 aromatic rings. The second-order valence-corrected chi connectivity index (χ2v) is 6.68. The molecule has 1 amide bonds. The van der Waals surface area contributed by atoms with Gasteiger partial charge in [0.2, 0.25) is 0 Å². The Morgan fingerprint density at radius 2 is 1.81 bits per heavy atom. The van der Waals surface area contributed by atoms with Crippen LogP contribution in [-0.4, -0.2) is 42.0 Å². The highest BCUT2D eigenvalue weighted by Crippen LogP contribution is 2.33. The molecule has 1 saturated heterocycles. The van der Waals surface area contributed by atoms with Crippen LogP contribution in [0.3, 0.4) is 0 Å². The van der Waals surface area contributed by atoms with Crippen molar-refractivity contribution >= 4 is 23.3 Å². The van der Waals surface area contributed by atoms with Gasteiger partial charge in [-0.05, 0) is 30.7 Å². The fraction of sp³-hybridized carbons (Fsp3) is 0.333. The van der Waals surface area contributed by atoms with Crippen LogP contribution in [-0.2, 0) is 6.18 Å². The molecular formula is C18H16ClF4N3O. The highest BCUT2D eigenvalue weighted by Gasteiger charge is 2.32. The zero-order chi connectivity index (χ0) is 19.8. The van der Waals surface area contributed by atoms with Gasteiger partial charge in [-0.25, -0.2) is 9.37 Å². The number of aryl methyl sites for hydroxylation is 1. The van der Waals surface area contributed by atoms with Crippen molar-refractivity contribution in [3.63, 3.8) is 0 Å². The van der Waals surface area contributed by atoms with Crippen molar-refractivity contribution in [2.45, 2.75) is 13.1 Å². The molecule has 2 heterocycles. The number of alkyl halides is 3. The molecule has 0 atom stereocenters. The van der Waals surface area contributed by atoms with E-state index in [0.29, 0.717) is 31.7 Å². The molecule has 0 radical (unpaired) electrons. The fourth-order valence-corrected chi connectivity index (χ4v) is 3.13. The lowest BCUT2D eigenvalue weighted by Gasteiger charge is -2.35. The summed E-state index contributed by atoms with van der Waals surface area (Å²) in [5.41, 5.74) is -0.192. The first-order valence-electron chi connectivity index (χ1n) is 8.20. The predicted molar refractivity (Wildman–Crippen MR) is 93.5 cm³/mol. The Morgan fingerprint density at radius 3 is 2.37 bits per heavy atom. The van der Waals surface area contributed by atoms with Gasteiger partial charge in [0.05, 0.1) is 10.6 Å². The quantitative estimate of drug-likeness (QED) is 0.709. The molecule has 1 aliphatic rings. The molecular weight excluding hydrogens is 386 g/mol. The van der Waals surface area contributed by atoms with Gasteiger partial charge in [0, 0.05) is 37.9 Å². The number of rotatable bonds is 2. The van der Waals surface area contributed by atoms with Crippen LogP contribution in [0.15, 0.2) is 30.5 Å². The van der Waals surface area contributed by atoms with Crippen molar-refractivity contribution in [3.05, 3.63) is 58.0 Å². The van der Waals surface area contributed by atoms with E-state index in [2.05, 4.69) is 4.98 Å². The van der Waals surface area contributed by atoms with Gasteiger partial charge in [0.15, 0.2) is 0 Å². The SMILES string of the molecule is Cc1ccc(C(=O)N2CCN(c3ncc(C(F)(F)F)cc3Cl)CC2)cc1F. The largest absolute Gasteiger partial charge is 0.417 e. The third kappa shape index (κ3) is 4.16. The Balaban J connectivity index is 1.68. The topological polar surface area (TPSA) is 36.4 Å². The number of piperazine rings is 1. The highest BCUT2D eigenvalue weighted by molar-refractivity contribution is 6.33. The van der Waals surface area contributed by atoms with Crippen LogP contribution >= 0.6 is 11.6 Å². The maximum Gasteiger partial charge on any atom is 0.417 e. The molecule has 0 unspecified atom stereocenters. The van der Waals surface area contributed by atoms with Gasteiger partial charge in [-0.3, -0.25) is 4.79 Å². The molecule has 0 N–H and O–H groups in total. The van der Waals surface area contributed by atoms with Crippen molar-refractivity contribution in [1.29, 1.82) is 0 Å². The summed E-state index contributed by atoms with van der Waals surface area (Å²) in [7, 11) is 0. The van der Waals surface area contributed by atoms with Gasteiger partial charge in [-0.1, -0.05) is 17.7 Å². The van der Waals surface area contributed by atoms with Crippen molar-refractivity contribution in [3.8, 4) is 0 Å². The average Bonchev–Trinajstić information content (AvgIpc) is 2.63. The highest BCUT2D eigenvalue weighted by atomic mass is 35.5. The minimum Gasteiger partial charge on any atom is -0.352 e. The second-order valence-electron chi connectivity index (χ2n) is 6.27. The molecule has 27 heavy (non-hydrogen) atoms. The molecule has 1 aromatic carbocycles. The molecule has 3 rings (SSSR count). The third-order valence-corrected chi connectivity index (χ3v) is 4.71. The van der Waals surface area contributed by atoms with E-state index < -0.39 is 17.6 Å². The normalized spacial score (nSPS) is 15.2. The Bertz CT molecular complexity index is 864. The Labute approximate surface area is 158 Å². The Morgan fingerprint density at radius 1 is 1.15 bits per heavy atom. The van der Waals surface area contributed by atoms with Crippen LogP contribution in [0.4, 0.5) is 23.4 Å². The van der Waals surface area contributed by atoms with E-state index in [0.717, 1.165) is 12.3 Å². The molecule has 0 bridgehead atoms. The summed E-state index contributed by atoms with van der Waals surface area (Å²) in [6.07, 6.45) is -3.77. The van der Waals surface area contributed by atoms with Crippen LogP contribution in [0.25, 0.3) is 0 Å². The predicted octanol–water partition coefficient (Wildman–Crippen LogP) is 4.16. The van der Waals surface area contributed by atoms with Crippen LogP contribution in [0.2, 0.25) is 5.02 Å². The van der Waals surface area contributed by atoms with Crippen molar-refractivity contribution < 1.29 is 22.4 Å². The maximum atomic E-state index is 13.7. The Kier molecular flexibility index (Phi) is 5.28. The number of amides is 1. The molecule has 1 aliphatic heterocycles. The number of halogens is 5. The molecule has 1 fully saturated rings. The van der Waals surface area contributed by atoms with Crippen LogP contribution in [0.5, 0.6) is 0 Å². The zero-order valence-electron chi connectivity index (χ0n) is 14.4. The summed E-state index contributed by atoms with van der Waals surface area (Å²) in [6.45, 7) is 2.99. The van der Waals surface area contributed by atoms with Crippen molar-refractivity contribution in [2.24, 2.45) is 0 Å². The molecule has 0 saturated carbocycles. The Hall–Kier alpha value is -2.35. The van der Waals surface area contributed by atoms with E-state index in [4.69, 9.17) is 11.6 Å². The van der Waals surface area contributed by atoms with E-state index in [1.54, 1.807) is 28.9 Å². The fourth-order valence-electron chi connectivity index (χ4n) is 2.85. The number of pyridine rings is 1. The number of nitrogens with zero attached hydrogens (tertiary/aromatic N) is 3. The van der Waals surface area contributed by atoms with Gasteiger partial charge in [0.25, 0.3) is 5.91 Å². The first-order chi connectivity index (χ1) is 12.7. The van der Waals surface area contributed by atoms with Crippen LogP contribution in [0, 0.1) is 12.7 Å². The van der Waals surface area contributed by atoms with Gasteiger partial charge in [0.1, 0.15) is 11.6 Å². The molecule has 144 valence electrons. The molecule has 1 aromatic heterocycles. The number of benzene rings is 1. The first-order valence-corrected chi connectivity index (χ1v) is 8.57. The minimum absolute atomic E-state index is 0.0924. The molecule has 0 spiro atoms. The smallest absolute Gasteiger partial charge is 0.352 e. The van der Waals surface area contributed by atoms with Crippen LogP contribution in [0.1, 0.15) is 21.5 Å². The van der Waals surface area contributed by atoms with E-state index in [9.17, 15) is 22.4 Å². The number of aromatic nitrogens is 1. The summed E-state index contributed by atoms with van der Waals surface area (Å²) in [5, 5.41) is -0.0924. The van der Waals surface area contributed by atoms with Gasteiger partial charge < -0.3 is 9.80 Å². The van der Waals surface area contributed by atoms with Crippen molar-refractivity contribution in [2.75, 3.05) is 31.1 Å². The maximum absolute atomic E-state index is 13.7. The molecule has 4 nitrogen and oxygen atoms in total. The van der Waals surface area contributed by atoms with E-state index >= 15 is 0 Å².